The normalized spacial score (nSPS) is 10.2. The summed E-state index contributed by atoms with van der Waals surface area (Å²) in [5.74, 6) is -0.281. The fourth-order valence-corrected chi connectivity index (χ4v) is 3.11. The summed E-state index contributed by atoms with van der Waals surface area (Å²) in [5, 5.41) is 0.288. The third-order valence-corrected chi connectivity index (χ3v) is 4.72. The summed E-state index contributed by atoms with van der Waals surface area (Å²) >= 11 is 0. The van der Waals surface area contributed by atoms with Gasteiger partial charge in [0.15, 0.2) is 0 Å². The number of carbonyl (C=O) groups is 1. The molecule has 2 N–H and O–H groups in total. The summed E-state index contributed by atoms with van der Waals surface area (Å²) in [7, 11) is 2.94. The third-order valence-electron chi connectivity index (χ3n) is 4.72. The van der Waals surface area contributed by atoms with Crippen LogP contribution in [0.1, 0.15) is 16.1 Å². The molecule has 3 aromatic rings. The Hall–Kier alpha value is -2.68. The van der Waals surface area contributed by atoms with E-state index in [-0.39, 0.29) is 47.4 Å². The Morgan fingerprint density at radius 3 is 2.30 bits per heavy atom. The average Bonchev–Trinajstić information content (AvgIpc) is 2.73. The predicted octanol–water partition coefficient (Wildman–Crippen LogP) is 1.12. The van der Waals surface area contributed by atoms with Gasteiger partial charge in [-0.1, -0.05) is 30.3 Å². The fourth-order valence-electron chi connectivity index (χ4n) is 3.11. The summed E-state index contributed by atoms with van der Waals surface area (Å²) in [6, 6.07) is 12.9. The molecule has 3 rings (SSSR count). The predicted molar refractivity (Wildman–Crippen MR) is 122 cm³/mol. The fraction of sp³-hybridized carbons (Fsp3) is 0.300. The number of rotatable bonds is 6. The molecule has 0 unspecified atom stereocenters. The van der Waals surface area contributed by atoms with Crippen molar-refractivity contribution < 1.29 is 4.79 Å². The molecule has 0 atom stereocenters. The molecule has 2 aromatic heterocycles. The van der Waals surface area contributed by atoms with Crippen LogP contribution in [-0.4, -0.2) is 44.6 Å². The summed E-state index contributed by atoms with van der Waals surface area (Å²) in [4.78, 5) is 43.4. The van der Waals surface area contributed by atoms with Crippen molar-refractivity contribution >= 4 is 41.8 Å². The Morgan fingerprint density at radius 1 is 1.00 bits per heavy atom. The van der Waals surface area contributed by atoms with Gasteiger partial charge in [-0.2, -0.15) is 0 Å². The van der Waals surface area contributed by atoms with E-state index in [4.69, 9.17) is 5.73 Å². The minimum atomic E-state index is -0.488. The first-order valence-electron chi connectivity index (χ1n) is 9.04. The van der Waals surface area contributed by atoms with Gasteiger partial charge in [-0.15, -0.1) is 24.8 Å². The second-order valence-electron chi connectivity index (χ2n) is 6.59. The zero-order valence-corrected chi connectivity index (χ0v) is 18.4. The highest BCUT2D eigenvalue weighted by molar-refractivity contribution is 5.94. The molecule has 0 aliphatic heterocycles. The molecule has 0 radical (unpaired) electrons. The monoisotopic (exact) mass is 453 g/mol. The van der Waals surface area contributed by atoms with E-state index in [0.29, 0.717) is 26.1 Å². The van der Waals surface area contributed by atoms with Crippen LogP contribution in [0.3, 0.4) is 0 Å². The first kappa shape index (κ1) is 25.4. The van der Waals surface area contributed by atoms with Crippen LogP contribution in [-0.2, 0) is 20.5 Å². The molecule has 1 aromatic carbocycles. The summed E-state index contributed by atoms with van der Waals surface area (Å²) in [5.41, 5.74) is 6.24. The van der Waals surface area contributed by atoms with Crippen LogP contribution in [0, 0.1) is 0 Å². The highest BCUT2D eigenvalue weighted by Crippen LogP contribution is 2.10. The quantitative estimate of drug-likeness (QED) is 0.602. The van der Waals surface area contributed by atoms with Gasteiger partial charge in [0.1, 0.15) is 11.3 Å². The Labute approximate surface area is 186 Å². The first-order valence-corrected chi connectivity index (χ1v) is 9.04. The van der Waals surface area contributed by atoms with E-state index in [2.05, 4.69) is 4.98 Å². The lowest BCUT2D eigenvalue weighted by atomic mass is 10.1. The van der Waals surface area contributed by atoms with Crippen molar-refractivity contribution in [1.82, 2.24) is 19.0 Å². The van der Waals surface area contributed by atoms with Crippen LogP contribution in [0.15, 0.2) is 52.1 Å². The Kier molecular flexibility index (Phi) is 9.22. The third kappa shape index (κ3) is 5.08. The minimum absolute atomic E-state index is 0. The van der Waals surface area contributed by atoms with Crippen LogP contribution in [0.5, 0.6) is 0 Å². The van der Waals surface area contributed by atoms with Gasteiger partial charge in [0.05, 0.1) is 5.39 Å². The average molecular weight is 454 g/mol. The number of halogens is 2. The second kappa shape index (κ2) is 10.9. The van der Waals surface area contributed by atoms with Gasteiger partial charge in [0, 0.05) is 33.7 Å². The molecule has 0 spiro atoms. The molecule has 2 heterocycles. The molecular weight excluding hydrogens is 429 g/mol. The minimum Gasteiger partial charge on any atom is -0.336 e. The molecule has 10 heteroatoms. The van der Waals surface area contributed by atoms with Gasteiger partial charge < -0.3 is 10.6 Å². The van der Waals surface area contributed by atoms with Crippen molar-refractivity contribution in [1.29, 1.82) is 0 Å². The van der Waals surface area contributed by atoms with Crippen LogP contribution in [0.4, 0.5) is 0 Å². The number of pyridine rings is 1. The molecule has 30 heavy (non-hydrogen) atoms. The highest BCUT2D eigenvalue weighted by atomic mass is 35.5. The van der Waals surface area contributed by atoms with Gasteiger partial charge >= 0.3 is 5.69 Å². The number of nitrogens with two attached hydrogens (primary N) is 1. The van der Waals surface area contributed by atoms with Crippen molar-refractivity contribution in [2.24, 2.45) is 19.8 Å². The maximum absolute atomic E-state index is 13.0. The zero-order valence-electron chi connectivity index (χ0n) is 16.8. The number of benzene rings is 1. The van der Waals surface area contributed by atoms with Crippen LogP contribution in [0.2, 0.25) is 0 Å². The molecule has 0 saturated heterocycles. The van der Waals surface area contributed by atoms with E-state index < -0.39 is 11.2 Å². The van der Waals surface area contributed by atoms with Gasteiger partial charge in [0.2, 0.25) is 0 Å². The highest BCUT2D eigenvalue weighted by Gasteiger charge is 2.19. The van der Waals surface area contributed by atoms with Gasteiger partial charge in [0.25, 0.3) is 11.5 Å². The Balaban J connectivity index is 0.00000225. The summed E-state index contributed by atoms with van der Waals surface area (Å²) in [6.07, 6.45) is 0.694. The number of hydrogen-bond acceptors (Lipinski definition) is 5. The first-order chi connectivity index (χ1) is 13.4. The SMILES string of the molecule is Cl.Cl.Cn1c(=O)c2ccc(C(=O)N(CCN)CCc3ccccc3)nc2n(C)c1=O. The van der Waals surface area contributed by atoms with E-state index in [9.17, 15) is 14.4 Å². The van der Waals surface area contributed by atoms with Crippen molar-refractivity contribution in [2.75, 3.05) is 19.6 Å². The molecule has 8 nitrogen and oxygen atoms in total. The van der Waals surface area contributed by atoms with E-state index in [0.717, 1.165) is 10.1 Å². The van der Waals surface area contributed by atoms with Crippen LogP contribution in [0.25, 0.3) is 11.0 Å². The van der Waals surface area contributed by atoms with E-state index in [1.807, 2.05) is 30.3 Å². The maximum Gasteiger partial charge on any atom is 0.332 e. The summed E-state index contributed by atoms with van der Waals surface area (Å²) < 4.78 is 2.29. The molecule has 0 aliphatic rings. The smallest absolute Gasteiger partial charge is 0.332 e. The summed E-state index contributed by atoms with van der Waals surface area (Å²) in [6.45, 7) is 1.21. The lowest BCUT2D eigenvalue weighted by molar-refractivity contribution is 0.0756. The van der Waals surface area contributed by atoms with Gasteiger partial charge in [-0.25, -0.2) is 9.78 Å². The topological polar surface area (TPSA) is 103 Å². The number of amides is 1. The van der Waals surface area contributed by atoms with Gasteiger partial charge in [-0.05, 0) is 24.1 Å². The molecular formula is C20H25Cl2N5O3. The van der Waals surface area contributed by atoms with E-state index >= 15 is 0 Å². The lowest BCUT2D eigenvalue weighted by Crippen LogP contribution is -2.39. The molecule has 1 amide bonds. The lowest BCUT2D eigenvalue weighted by Gasteiger charge is -2.22. The number of carbonyl (C=O) groups excluding carboxylic acids is 1. The molecule has 0 fully saturated rings. The largest absolute Gasteiger partial charge is 0.336 e. The molecule has 0 aliphatic carbocycles. The number of nitrogens with zero attached hydrogens (tertiary/aromatic N) is 4. The molecule has 0 bridgehead atoms. The number of hydrogen-bond donors (Lipinski definition) is 1. The number of fused-ring (bicyclic) bond motifs is 1. The molecule has 0 saturated carbocycles. The Morgan fingerprint density at radius 2 is 1.67 bits per heavy atom. The van der Waals surface area contributed by atoms with E-state index in [1.54, 1.807) is 4.90 Å². The Bertz CT molecular complexity index is 1130. The molecule has 162 valence electrons. The van der Waals surface area contributed by atoms with Crippen LogP contribution < -0.4 is 17.0 Å². The van der Waals surface area contributed by atoms with Crippen molar-refractivity contribution in [3.05, 3.63) is 74.6 Å². The van der Waals surface area contributed by atoms with Crippen molar-refractivity contribution in [3.63, 3.8) is 0 Å². The maximum atomic E-state index is 13.0. The zero-order chi connectivity index (χ0) is 20.3. The standard InChI is InChI=1S/C20H23N5O3.2ClH/c1-23-17-15(18(26)24(2)20(23)28)8-9-16(22-17)19(27)25(13-11-21)12-10-14-6-4-3-5-7-14;;/h3-9H,10-13,21H2,1-2H3;2*1H. The number of aromatic nitrogens is 3. The van der Waals surface area contributed by atoms with Crippen molar-refractivity contribution in [2.45, 2.75) is 6.42 Å². The number of aryl methyl sites for hydroxylation is 1. The van der Waals surface area contributed by atoms with Gasteiger partial charge in [-0.3, -0.25) is 18.7 Å². The van der Waals surface area contributed by atoms with Crippen molar-refractivity contribution in [3.8, 4) is 0 Å². The van der Waals surface area contributed by atoms with E-state index in [1.165, 1.54) is 30.8 Å². The van der Waals surface area contributed by atoms with Crippen LogP contribution >= 0.6 is 24.8 Å². The second-order valence-corrected chi connectivity index (χ2v) is 6.59.